The Morgan fingerprint density at radius 3 is 2.69 bits per heavy atom. The van der Waals surface area contributed by atoms with Gasteiger partial charge in [0.15, 0.2) is 23.0 Å². The summed E-state index contributed by atoms with van der Waals surface area (Å²) < 4.78 is 22.8. The van der Waals surface area contributed by atoms with Crippen molar-refractivity contribution in [3.05, 3.63) is 48.9 Å². The molecule has 168 valence electrons. The molecule has 2 aromatic rings. The standard InChI is InChI=1S/C22H19ClINO6S/c1-3-4-29-20-15(24)5-12(6-18(20)28-2)7-19-21(26)25(22(27)32-19)10-13-8-16-17(9-14(13)23)31-11-30-16/h5-9H,3-4,10-11H2,1-2H3/b19-7-. The lowest BCUT2D eigenvalue weighted by atomic mass is 10.1. The minimum atomic E-state index is -0.381. The van der Waals surface area contributed by atoms with E-state index < -0.39 is 0 Å². The van der Waals surface area contributed by atoms with Gasteiger partial charge in [0.25, 0.3) is 11.1 Å². The molecule has 0 atom stereocenters. The van der Waals surface area contributed by atoms with Gasteiger partial charge in [-0.25, -0.2) is 0 Å². The molecule has 0 aliphatic carbocycles. The number of hydrogen-bond donors (Lipinski definition) is 0. The van der Waals surface area contributed by atoms with Gasteiger partial charge in [-0.2, -0.15) is 0 Å². The first-order valence-electron chi connectivity index (χ1n) is 9.75. The Bertz CT molecular complexity index is 1120. The zero-order chi connectivity index (χ0) is 22.8. The van der Waals surface area contributed by atoms with Crippen molar-refractivity contribution in [3.8, 4) is 23.0 Å². The number of hydrogen-bond acceptors (Lipinski definition) is 7. The SMILES string of the molecule is CCCOc1c(I)cc(/C=C2\SC(=O)N(Cc3cc4c(cc3Cl)OCO4)C2=O)cc1OC. The van der Waals surface area contributed by atoms with E-state index in [9.17, 15) is 9.59 Å². The van der Waals surface area contributed by atoms with Crippen LogP contribution in [0.4, 0.5) is 4.79 Å². The number of nitrogens with zero attached hydrogens (tertiary/aromatic N) is 1. The smallest absolute Gasteiger partial charge is 0.293 e. The Kier molecular flexibility index (Phi) is 7.06. The summed E-state index contributed by atoms with van der Waals surface area (Å²) in [6.45, 7) is 2.76. The predicted octanol–water partition coefficient (Wildman–Crippen LogP) is 5.71. The molecule has 0 N–H and O–H groups in total. The third-order valence-corrected chi connectivity index (χ3v) is 6.80. The molecule has 0 unspecified atom stereocenters. The predicted molar refractivity (Wildman–Crippen MR) is 131 cm³/mol. The number of ether oxygens (including phenoxy) is 4. The summed E-state index contributed by atoms with van der Waals surface area (Å²) in [5.74, 6) is 1.94. The van der Waals surface area contributed by atoms with Crippen LogP contribution < -0.4 is 18.9 Å². The summed E-state index contributed by atoms with van der Waals surface area (Å²) in [5.41, 5.74) is 1.34. The molecule has 2 amide bonds. The second-order valence-electron chi connectivity index (χ2n) is 6.95. The molecule has 2 heterocycles. The van der Waals surface area contributed by atoms with Gasteiger partial charge < -0.3 is 18.9 Å². The number of amides is 2. The number of fused-ring (bicyclic) bond motifs is 1. The van der Waals surface area contributed by atoms with Crippen molar-refractivity contribution in [1.29, 1.82) is 0 Å². The summed E-state index contributed by atoms with van der Waals surface area (Å²) in [7, 11) is 1.57. The normalized spacial score (nSPS) is 16.2. The van der Waals surface area contributed by atoms with Crippen molar-refractivity contribution in [2.75, 3.05) is 20.5 Å². The Morgan fingerprint density at radius 2 is 1.97 bits per heavy atom. The highest BCUT2D eigenvalue weighted by Gasteiger charge is 2.36. The molecule has 32 heavy (non-hydrogen) atoms. The first-order valence-corrected chi connectivity index (χ1v) is 12.0. The van der Waals surface area contributed by atoms with E-state index in [-0.39, 0.29) is 24.5 Å². The van der Waals surface area contributed by atoms with Gasteiger partial charge in [0, 0.05) is 11.1 Å². The molecule has 2 aliphatic heterocycles. The van der Waals surface area contributed by atoms with Gasteiger partial charge >= 0.3 is 0 Å². The van der Waals surface area contributed by atoms with Crippen LogP contribution >= 0.6 is 46.0 Å². The maximum atomic E-state index is 13.0. The van der Waals surface area contributed by atoms with Gasteiger partial charge in [0.2, 0.25) is 6.79 Å². The summed E-state index contributed by atoms with van der Waals surface area (Å²) in [4.78, 5) is 27.0. The van der Waals surface area contributed by atoms with Crippen molar-refractivity contribution in [2.45, 2.75) is 19.9 Å². The first kappa shape index (κ1) is 23.1. The molecule has 1 saturated heterocycles. The lowest BCUT2D eigenvalue weighted by Crippen LogP contribution is -2.27. The molecule has 7 nitrogen and oxygen atoms in total. The third kappa shape index (κ3) is 4.65. The number of benzene rings is 2. The molecule has 0 bridgehead atoms. The maximum absolute atomic E-state index is 13.0. The van der Waals surface area contributed by atoms with E-state index >= 15 is 0 Å². The van der Waals surface area contributed by atoms with E-state index in [2.05, 4.69) is 22.6 Å². The highest BCUT2D eigenvalue weighted by atomic mass is 127. The fraction of sp³-hybridized carbons (Fsp3) is 0.273. The van der Waals surface area contributed by atoms with Gasteiger partial charge in [0.1, 0.15) is 0 Å². The highest BCUT2D eigenvalue weighted by molar-refractivity contribution is 14.1. The van der Waals surface area contributed by atoms with E-state index in [1.165, 1.54) is 4.90 Å². The molecule has 0 spiro atoms. The molecule has 0 radical (unpaired) electrons. The number of halogens is 2. The summed E-state index contributed by atoms with van der Waals surface area (Å²) in [6, 6.07) is 7.00. The first-order chi connectivity index (χ1) is 15.4. The molecule has 2 aromatic carbocycles. The number of carbonyl (C=O) groups excluding carboxylic acids is 2. The van der Waals surface area contributed by atoms with Crippen LogP contribution in [-0.4, -0.2) is 36.6 Å². The molecular weight excluding hydrogens is 569 g/mol. The summed E-state index contributed by atoms with van der Waals surface area (Å²) in [5, 5.41) is 0.0405. The molecular formula is C22H19ClINO6S. The Morgan fingerprint density at radius 1 is 1.22 bits per heavy atom. The van der Waals surface area contributed by atoms with Gasteiger partial charge in [-0.3, -0.25) is 14.5 Å². The van der Waals surface area contributed by atoms with Crippen LogP contribution in [0.5, 0.6) is 23.0 Å². The van der Waals surface area contributed by atoms with Crippen molar-refractivity contribution < 1.29 is 28.5 Å². The molecule has 0 saturated carbocycles. The van der Waals surface area contributed by atoms with E-state index in [1.807, 2.05) is 13.0 Å². The van der Waals surface area contributed by atoms with Crippen LogP contribution in [0.15, 0.2) is 29.2 Å². The second-order valence-corrected chi connectivity index (χ2v) is 9.51. The lowest BCUT2D eigenvalue weighted by molar-refractivity contribution is -0.123. The summed E-state index contributed by atoms with van der Waals surface area (Å²) in [6.07, 6.45) is 2.56. The highest BCUT2D eigenvalue weighted by Crippen LogP contribution is 2.40. The van der Waals surface area contributed by atoms with E-state index in [1.54, 1.807) is 31.4 Å². The van der Waals surface area contributed by atoms with Crippen molar-refractivity contribution in [3.63, 3.8) is 0 Å². The monoisotopic (exact) mass is 587 g/mol. The molecule has 2 aliphatic rings. The molecule has 0 aromatic heterocycles. The van der Waals surface area contributed by atoms with Crippen LogP contribution in [0.25, 0.3) is 6.08 Å². The van der Waals surface area contributed by atoms with Crippen LogP contribution in [-0.2, 0) is 11.3 Å². The largest absolute Gasteiger partial charge is 0.493 e. The van der Waals surface area contributed by atoms with Gasteiger partial charge in [-0.1, -0.05) is 18.5 Å². The quantitative estimate of drug-likeness (QED) is 0.304. The summed E-state index contributed by atoms with van der Waals surface area (Å²) >= 11 is 9.37. The average molecular weight is 588 g/mol. The Hall–Kier alpha value is -2.11. The average Bonchev–Trinajstić information content (AvgIpc) is 3.31. The number of imide groups is 1. The topological polar surface area (TPSA) is 74.3 Å². The zero-order valence-corrected chi connectivity index (χ0v) is 21.0. The minimum Gasteiger partial charge on any atom is -0.493 e. The fourth-order valence-corrected chi connectivity index (χ4v) is 5.04. The number of methoxy groups -OCH3 is 1. The Balaban J connectivity index is 1.57. The molecule has 10 heteroatoms. The van der Waals surface area contributed by atoms with E-state index in [0.29, 0.717) is 45.1 Å². The Labute approximate surface area is 208 Å². The number of carbonyl (C=O) groups is 2. The number of thioether (sulfide) groups is 1. The van der Waals surface area contributed by atoms with Crippen molar-refractivity contribution >= 4 is 63.2 Å². The third-order valence-electron chi connectivity index (χ3n) is 4.74. The van der Waals surface area contributed by atoms with E-state index in [4.69, 9.17) is 30.5 Å². The van der Waals surface area contributed by atoms with Crippen molar-refractivity contribution in [1.82, 2.24) is 4.90 Å². The molecule has 1 fully saturated rings. The minimum absolute atomic E-state index is 0.0438. The molecule has 4 rings (SSSR count). The van der Waals surface area contributed by atoms with Gasteiger partial charge in [0.05, 0.1) is 28.7 Å². The van der Waals surface area contributed by atoms with Gasteiger partial charge in [-0.05, 0) is 76.2 Å². The van der Waals surface area contributed by atoms with Crippen LogP contribution in [0.2, 0.25) is 5.02 Å². The zero-order valence-electron chi connectivity index (χ0n) is 17.3. The second kappa shape index (κ2) is 9.80. The van der Waals surface area contributed by atoms with Crippen LogP contribution in [0.1, 0.15) is 24.5 Å². The van der Waals surface area contributed by atoms with Crippen LogP contribution in [0.3, 0.4) is 0 Å². The maximum Gasteiger partial charge on any atom is 0.293 e. The van der Waals surface area contributed by atoms with Gasteiger partial charge in [-0.15, -0.1) is 0 Å². The van der Waals surface area contributed by atoms with E-state index in [0.717, 1.165) is 27.3 Å². The van der Waals surface area contributed by atoms with Crippen molar-refractivity contribution in [2.24, 2.45) is 0 Å². The lowest BCUT2D eigenvalue weighted by Gasteiger charge is -2.14. The van der Waals surface area contributed by atoms with Crippen LogP contribution in [0, 0.1) is 3.57 Å². The fourth-order valence-electron chi connectivity index (χ4n) is 3.21. The number of rotatable bonds is 7.